The Morgan fingerprint density at radius 1 is 1.05 bits per heavy atom. The topological polar surface area (TPSA) is 12.0 Å². The molecule has 0 saturated heterocycles. The lowest BCUT2D eigenvalue weighted by Crippen LogP contribution is -2.19. The van der Waals surface area contributed by atoms with Gasteiger partial charge in [0.2, 0.25) is 0 Å². The van der Waals surface area contributed by atoms with Gasteiger partial charge in [-0.1, -0.05) is 63.5 Å². The molecule has 0 spiro atoms. The van der Waals surface area contributed by atoms with Crippen molar-refractivity contribution in [3.63, 3.8) is 0 Å². The van der Waals surface area contributed by atoms with Gasteiger partial charge in [0.1, 0.15) is 0 Å². The fourth-order valence-electron chi connectivity index (χ4n) is 2.37. The molecule has 0 aliphatic carbocycles. The molecule has 0 aromatic heterocycles. The zero-order chi connectivity index (χ0) is 13.8. The van der Waals surface area contributed by atoms with E-state index in [1.54, 1.807) is 0 Å². The summed E-state index contributed by atoms with van der Waals surface area (Å²) < 4.78 is 1.17. The van der Waals surface area contributed by atoms with Gasteiger partial charge in [-0.3, -0.25) is 0 Å². The van der Waals surface area contributed by atoms with Gasteiger partial charge in [0, 0.05) is 10.5 Å². The lowest BCUT2D eigenvalue weighted by molar-refractivity contribution is 0.589. The molecule has 1 unspecified atom stereocenters. The lowest BCUT2D eigenvalue weighted by Gasteiger charge is -2.19. The third kappa shape index (κ3) is 3.68. The summed E-state index contributed by atoms with van der Waals surface area (Å²) in [5.74, 6) is 0. The molecule has 0 radical (unpaired) electrons. The molecular weight excluding hydrogens is 298 g/mol. The van der Waals surface area contributed by atoms with E-state index in [4.69, 9.17) is 0 Å². The summed E-state index contributed by atoms with van der Waals surface area (Å²) in [5.41, 5.74) is 5.30. The highest BCUT2D eigenvalue weighted by Crippen LogP contribution is 2.27. The van der Waals surface area contributed by atoms with Crippen LogP contribution >= 0.6 is 15.9 Å². The normalized spacial score (nSPS) is 12.4. The summed E-state index contributed by atoms with van der Waals surface area (Å²) >= 11 is 3.66. The third-order valence-corrected chi connectivity index (χ3v) is 4.12. The van der Waals surface area contributed by atoms with Gasteiger partial charge in [-0.25, -0.2) is 0 Å². The Kier molecular flexibility index (Phi) is 4.78. The van der Waals surface area contributed by atoms with Crippen LogP contribution in [0.2, 0.25) is 0 Å². The highest BCUT2D eigenvalue weighted by atomic mass is 79.9. The Labute approximate surface area is 124 Å². The molecule has 2 aromatic carbocycles. The second-order valence-corrected chi connectivity index (χ2v) is 5.91. The van der Waals surface area contributed by atoms with Crippen LogP contribution < -0.4 is 5.32 Å². The number of benzene rings is 2. The standard InChI is InChI=1S/C17H20BrN/c1-12-5-4-6-14(9-12)11-17(19-3)15-10-13(2)7-8-16(15)18/h4-10,17,19H,11H2,1-3H3. The number of hydrogen-bond donors (Lipinski definition) is 1. The zero-order valence-corrected chi connectivity index (χ0v) is 13.3. The van der Waals surface area contributed by atoms with Gasteiger partial charge < -0.3 is 5.32 Å². The van der Waals surface area contributed by atoms with E-state index in [-0.39, 0.29) is 0 Å². The van der Waals surface area contributed by atoms with Crippen molar-refractivity contribution in [2.45, 2.75) is 26.3 Å². The number of halogens is 1. The Morgan fingerprint density at radius 3 is 2.47 bits per heavy atom. The van der Waals surface area contributed by atoms with Gasteiger partial charge >= 0.3 is 0 Å². The van der Waals surface area contributed by atoms with Crippen molar-refractivity contribution in [3.05, 3.63) is 69.2 Å². The molecule has 2 aromatic rings. The fraction of sp³-hybridized carbons (Fsp3) is 0.294. The van der Waals surface area contributed by atoms with Crippen LogP contribution in [-0.2, 0) is 6.42 Å². The number of nitrogens with one attached hydrogen (secondary N) is 1. The molecular formula is C17H20BrN. The molecule has 0 fully saturated rings. The Hall–Kier alpha value is -1.12. The first-order valence-electron chi connectivity index (χ1n) is 6.59. The number of hydrogen-bond acceptors (Lipinski definition) is 1. The summed E-state index contributed by atoms with van der Waals surface area (Å²) in [6, 6.07) is 15.6. The predicted octanol–water partition coefficient (Wildman–Crippen LogP) is 4.57. The minimum atomic E-state index is 0.330. The first kappa shape index (κ1) is 14.3. The summed E-state index contributed by atoms with van der Waals surface area (Å²) in [7, 11) is 2.02. The summed E-state index contributed by atoms with van der Waals surface area (Å²) in [6.45, 7) is 4.27. The van der Waals surface area contributed by atoms with E-state index in [1.807, 2.05) is 7.05 Å². The molecule has 0 heterocycles. The highest BCUT2D eigenvalue weighted by Gasteiger charge is 2.13. The lowest BCUT2D eigenvalue weighted by atomic mass is 9.97. The summed E-state index contributed by atoms with van der Waals surface area (Å²) in [5, 5.41) is 3.42. The number of aryl methyl sites for hydroxylation is 2. The van der Waals surface area contributed by atoms with Gasteiger partial charge in [0.25, 0.3) is 0 Å². The Balaban J connectivity index is 2.27. The Bertz CT molecular complexity index is 563. The summed E-state index contributed by atoms with van der Waals surface area (Å²) in [4.78, 5) is 0. The summed E-state index contributed by atoms with van der Waals surface area (Å²) in [6.07, 6.45) is 1.00. The van der Waals surface area contributed by atoms with Crippen molar-refractivity contribution in [3.8, 4) is 0 Å². The molecule has 1 nitrogen and oxygen atoms in total. The van der Waals surface area contributed by atoms with Gasteiger partial charge in [-0.05, 0) is 44.5 Å². The van der Waals surface area contributed by atoms with Crippen molar-refractivity contribution in [1.29, 1.82) is 0 Å². The first-order chi connectivity index (χ1) is 9.10. The van der Waals surface area contributed by atoms with Crippen LogP contribution in [-0.4, -0.2) is 7.05 Å². The van der Waals surface area contributed by atoms with Crippen molar-refractivity contribution >= 4 is 15.9 Å². The highest BCUT2D eigenvalue weighted by molar-refractivity contribution is 9.10. The second kappa shape index (κ2) is 6.36. The minimum absolute atomic E-state index is 0.330. The molecule has 0 saturated carbocycles. The van der Waals surface area contributed by atoms with Crippen LogP contribution in [0.1, 0.15) is 28.3 Å². The van der Waals surface area contributed by atoms with Crippen molar-refractivity contribution < 1.29 is 0 Å². The van der Waals surface area contributed by atoms with E-state index in [0.717, 1.165) is 6.42 Å². The molecule has 0 amide bonds. The van der Waals surface area contributed by atoms with E-state index in [1.165, 1.54) is 26.7 Å². The van der Waals surface area contributed by atoms with E-state index >= 15 is 0 Å². The molecule has 19 heavy (non-hydrogen) atoms. The largest absolute Gasteiger partial charge is 0.313 e. The van der Waals surface area contributed by atoms with Crippen LogP contribution in [0.5, 0.6) is 0 Å². The first-order valence-corrected chi connectivity index (χ1v) is 7.38. The molecule has 1 N–H and O–H groups in total. The molecule has 0 aliphatic heterocycles. The van der Waals surface area contributed by atoms with E-state index < -0.39 is 0 Å². The molecule has 2 heteroatoms. The molecule has 1 atom stereocenters. The average molecular weight is 318 g/mol. The quantitative estimate of drug-likeness (QED) is 0.871. The van der Waals surface area contributed by atoms with Gasteiger partial charge in [0.15, 0.2) is 0 Å². The maximum absolute atomic E-state index is 3.66. The minimum Gasteiger partial charge on any atom is -0.313 e. The second-order valence-electron chi connectivity index (χ2n) is 5.06. The van der Waals surface area contributed by atoms with Gasteiger partial charge in [-0.2, -0.15) is 0 Å². The van der Waals surface area contributed by atoms with Crippen LogP contribution in [0.3, 0.4) is 0 Å². The number of rotatable bonds is 4. The van der Waals surface area contributed by atoms with E-state index in [9.17, 15) is 0 Å². The number of likely N-dealkylation sites (N-methyl/N-ethyl adjacent to an activating group) is 1. The third-order valence-electron chi connectivity index (χ3n) is 3.40. The molecule has 2 rings (SSSR count). The molecule has 100 valence electrons. The maximum Gasteiger partial charge on any atom is 0.0369 e. The molecule has 0 aliphatic rings. The van der Waals surface area contributed by atoms with Gasteiger partial charge in [-0.15, -0.1) is 0 Å². The SMILES string of the molecule is CNC(Cc1cccc(C)c1)c1cc(C)ccc1Br. The smallest absolute Gasteiger partial charge is 0.0369 e. The van der Waals surface area contributed by atoms with E-state index in [0.29, 0.717) is 6.04 Å². The maximum atomic E-state index is 3.66. The Morgan fingerprint density at radius 2 is 1.79 bits per heavy atom. The fourth-order valence-corrected chi connectivity index (χ4v) is 2.90. The van der Waals surface area contributed by atoms with Crippen LogP contribution in [0.25, 0.3) is 0 Å². The van der Waals surface area contributed by atoms with Crippen molar-refractivity contribution in [1.82, 2.24) is 5.32 Å². The van der Waals surface area contributed by atoms with Gasteiger partial charge in [0.05, 0.1) is 0 Å². The van der Waals surface area contributed by atoms with Crippen molar-refractivity contribution in [2.24, 2.45) is 0 Å². The molecule has 0 bridgehead atoms. The van der Waals surface area contributed by atoms with Crippen LogP contribution in [0.15, 0.2) is 46.9 Å². The predicted molar refractivity (Wildman–Crippen MR) is 85.6 cm³/mol. The van der Waals surface area contributed by atoms with E-state index in [2.05, 4.69) is 77.6 Å². The van der Waals surface area contributed by atoms with Crippen LogP contribution in [0.4, 0.5) is 0 Å². The average Bonchev–Trinajstić information content (AvgIpc) is 2.39. The van der Waals surface area contributed by atoms with Crippen LogP contribution in [0, 0.1) is 13.8 Å². The van der Waals surface area contributed by atoms with Crippen molar-refractivity contribution in [2.75, 3.05) is 7.05 Å². The zero-order valence-electron chi connectivity index (χ0n) is 11.7. The monoisotopic (exact) mass is 317 g/mol.